The van der Waals surface area contributed by atoms with Gasteiger partial charge in [-0.05, 0) is 57.7 Å². The molecule has 2 aromatic rings. The number of hydrogen-bond donors (Lipinski definition) is 1. The molecule has 1 fully saturated rings. The number of hydrogen-bond acceptors (Lipinski definition) is 5. The van der Waals surface area contributed by atoms with Crippen molar-refractivity contribution in [3.63, 3.8) is 0 Å². The molecule has 0 bridgehead atoms. The van der Waals surface area contributed by atoms with Crippen LogP contribution in [0.1, 0.15) is 50.4 Å². The number of carbonyl (C=O) groups excluding carboxylic acids is 1. The number of alkyl halides is 4. The Labute approximate surface area is 211 Å². The van der Waals surface area contributed by atoms with E-state index in [1.165, 1.54) is 6.92 Å². The molecule has 1 aliphatic carbocycles. The van der Waals surface area contributed by atoms with E-state index in [2.05, 4.69) is 15.2 Å². The van der Waals surface area contributed by atoms with Gasteiger partial charge >= 0.3 is 6.61 Å². The van der Waals surface area contributed by atoms with E-state index in [9.17, 15) is 35.2 Å². The Morgan fingerprint density at radius 3 is 2.51 bits per heavy atom. The molecular formula is C24H28F5N3O4S. The van der Waals surface area contributed by atoms with Gasteiger partial charge in [-0.1, -0.05) is 0 Å². The fraction of sp³-hybridized carbons (Fsp3) is 0.583. The number of carbonyl (C=O) groups is 1. The molecule has 0 radical (unpaired) electrons. The molecule has 1 saturated heterocycles. The predicted octanol–water partition coefficient (Wildman–Crippen LogP) is 4.31. The number of sulfone groups is 1. The van der Waals surface area contributed by atoms with E-state index in [1.54, 1.807) is 6.92 Å². The average Bonchev–Trinajstić information content (AvgIpc) is 3.20. The Balaban J connectivity index is 1.64. The third kappa shape index (κ3) is 5.91. The topological polar surface area (TPSA) is 90.3 Å². The van der Waals surface area contributed by atoms with Gasteiger partial charge in [0, 0.05) is 34.7 Å². The molecule has 37 heavy (non-hydrogen) atoms. The van der Waals surface area contributed by atoms with E-state index in [1.807, 2.05) is 0 Å². The molecule has 0 saturated carbocycles. The molecule has 1 aromatic heterocycles. The van der Waals surface area contributed by atoms with Crippen LogP contribution in [0, 0.1) is 11.7 Å². The number of nitrogens with zero attached hydrogens (tertiary/aromatic N) is 2. The summed E-state index contributed by atoms with van der Waals surface area (Å²) in [5.41, 5.74) is 0.0137. The van der Waals surface area contributed by atoms with E-state index in [0.29, 0.717) is 17.7 Å². The fourth-order valence-corrected chi connectivity index (χ4v) is 6.62. The first-order valence-corrected chi connectivity index (χ1v) is 13.8. The summed E-state index contributed by atoms with van der Waals surface area (Å²) in [6, 6.07) is 1.65. The molecule has 2 atom stereocenters. The fourth-order valence-electron chi connectivity index (χ4n) is 4.90. The minimum atomic E-state index is -3.13. The van der Waals surface area contributed by atoms with Crippen LogP contribution in [0.3, 0.4) is 0 Å². The zero-order valence-electron chi connectivity index (χ0n) is 20.3. The van der Waals surface area contributed by atoms with Crippen LogP contribution >= 0.6 is 0 Å². The maximum Gasteiger partial charge on any atom is 0.387 e. The highest BCUT2D eigenvalue weighted by atomic mass is 32.2. The molecular weight excluding hydrogens is 521 g/mol. The van der Waals surface area contributed by atoms with Crippen LogP contribution in [-0.4, -0.2) is 54.2 Å². The van der Waals surface area contributed by atoms with Gasteiger partial charge in [-0.15, -0.1) is 0 Å². The summed E-state index contributed by atoms with van der Waals surface area (Å²) >= 11 is 0. The Kier molecular flexibility index (Phi) is 7.55. The average molecular weight is 550 g/mol. The monoisotopic (exact) mass is 549 g/mol. The quantitative estimate of drug-likeness (QED) is 0.520. The zero-order valence-corrected chi connectivity index (χ0v) is 21.1. The van der Waals surface area contributed by atoms with Crippen molar-refractivity contribution in [3.05, 3.63) is 35.3 Å². The molecule has 4 rings (SSSR count). The van der Waals surface area contributed by atoms with Crippen LogP contribution < -0.4 is 10.1 Å². The molecule has 0 spiro atoms. The third-order valence-electron chi connectivity index (χ3n) is 7.20. The largest absolute Gasteiger partial charge is 0.435 e. The number of rotatable bonds is 7. The lowest BCUT2D eigenvalue weighted by Crippen LogP contribution is -2.53. The molecule has 1 amide bonds. The van der Waals surface area contributed by atoms with Gasteiger partial charge in [0.05, 0.1) is 17.2 Å². The van der Waals surface area contributed by atoms with Crippen LogP contribution in [0.2, 0.25) is 0 Å². The highest BCUT2D eigenvalue weighted by molar-refractivity contribution is 7.91. The highest BCUT2D eigenvalue weighted by Crippen LogP contribution is 2.38. The minimum Gasteiger partial charge on any atom is -0.435 e. The molecule has 204 valence electrons. The van der Waals surface area contributed by atoms with Gasteiger partial charge in [-0.2, -0.15) is 13.9 Å². The van der Waals surface area contributed by atoms with E-state index in [4.69, 9.17) is 0 Å². The standard InChI is InChI=1S/C24H28F5N3O4S/c1-13(21(26)27)32-19-11-14(22(33)30-24(2)7-9-37(34,35)10-8-24)3-5-16(19)20(31-32)17-12-15(36-23(28)29)4-6-18(17)25/h4,6,12-14,21,23H,3,5,7-11H2,1-2H3,(H,30,33)/t13-,14-/m1/s1. The van der Waals surface area contributed by atoms with Crippen molar-refractivity contribution in [3.8, 4) is 17.0 Å². The predicted molar refractivity (Wildman–Crippen MR) is 125 cm³/mol. The molecule has 0 unspecified atom stereocenters. The number of ether oxygens (including phenoxy) is 1. The lowest BCUT2D eigenvalue weighted by atomic mass is 9.84. The van der Waals surface area contributed by atoms with E-state index in [0.717, 1.165) is 22.9 Å². The van der Waals surface area contributed by atoms with E-state index in [-0.39, 0.29) is 60.1 Å². The van der Waals surface area contributed by atoms with Gasteiger partial charge in [-0.3, -0.25) is 9.48 Å². The van der Waals surface area contributed by atoms with Gasteiger partial charge in [0.2, 0.25) is 5.91 Å². The number of fused-ring (bicyclic) bond motifs is 1. The van der Waals surface area contributed by atoms with Crippen LogP contribution in [-0.2, 0) is 27.5 Å². The zero-order chi connectivity index (χ0) is 27.1. The smallest absolute Gasteiger partial charge is 0.387 e. The van der Waals surface area contributed by atoms with Crippen molar-refractivity contribution < 1.29 is 39.9 Å². The van der Waals surface area contributed by atoms with Crippen LogP contribution in [0.25, 0.3) is 11.3 Å². The number of halogens is 5. The van der Waals surface area contributed by atoms with Crippen LogP contribution in [0.15, 0.2) is 18.2 Å². The SMILES string of the molecule is C[C@H](C(F)F)n1nc(-c2cc(OC(F)F)ccc2F)c2c1C[C@H](C(=O)NC1(C)CCS(=O)(=O)CC1)CC2. The summed E-state index contributed by atoms with van der Waals surface area (Å²) in [6.07, 6.45) is -1.63. The molecule has 1 aliphatic heterocycles. The van der Waals surface area contributed by atoms with Gasteiger partial charge in [0.15, 0.2) is 0 Å². The number of aromatic nitrogens is 2. The third-order valence-corrected chi connectivity index (χ3v) is 8.85. The molecule has 7 nitrogen and oxygen atoms in total. The summed E-state index contributed by atoms with van der Waals surface area (Å²) < 4.78 is 96.5. The lowest BCUT2D eigenvalue weighted by molar-refractivity contribution is -0.127. The van der Waals surface area contributed by atoms with Crippen molar-refractivity contribution in [2.75, 3.05) is 11.5 Å². The maximum absolute atomic E-state index is 14.7. The molecule has 1 aromatic carbocycles. The first-order valence-electron chi connectivity index (χ1n) is 11.9. The minimum absolute atomic E-state index is 0.0273. The molecule has 2 heterocycles. The number of amides is 1. The summed E-state index contributed by atoms with van der Waals surface area (Å²) in [6.45, 7) is -0.0949. The van der Waals surface area contributed by atoms with Crippen molar-refractivity contribution in [1.82, 2.24) is 15.1 Å². The molecule has 2 aliphatic rings. The van der Waals surface area contributed by atoms with E-state index < -0.39 is 46.2 Å². The summed E-state index contributed by atoms with van der Waals surface area (Å²) in [5, 5.41) is 7.21. The van der Waals surface area contributed by atoms with Gasteiger partial charge < -0.3 is 10.1 Å². The van der Waals surface area contributed by atoms with Gasteiger partial charge in [0.25, 0.3) is 6.43 Å². The van der Waals surface area contributed by atoms with Crippen molar-refractivity contribution in [1.29, 1.82) is 0 Å². The molecule has 1 N–H and O–H groups in total. The van der Waals surface area contributed by atoms with Crippen LogP contribution in [0.4, 0.5) is 22.0 Å². The Morgan fingerprint density at radius 1 is 1.22 bits per heavy atom. The summed E-state index contributed by atoms with van der Waals surface area (Å²) in [4.78, 5) is 13.2. The first-order chi connectivity index (χ1) is 17.3. The Hall–Kier alpha value is -2.70. The van der Waals surface area contributed by atoms with Crippen LogP contribution in [0.5, 0.6) is 5.75 Å². The second-order valence-electron chi connectivity index (χ2n) is 9.96. The van der Waals surface area contributed by atoms with E-state index >= 15 is 0 Å². The van der Waals surface area contributed by atoms with Gasteiger partial charge in [-0.25, -0.2) is 21.6 Å². The normalized spacial score (nSPS) is 21.5. The van der Waals surface area contributed by atoms with Crippen molar-refractivity contribution in [2.45, 2.75) is 70.6 Å². The Morgan fingerprint density at radius 2 is 1.89 bits per heavy atom. The number of benzene rings is 1. The first kappa shape index (κ1) is 27.3. The second-order valence-corrected chi connectivity index (χ2v) is 12.3. The van der Waals surface area contributed by atoms with Crippen molar-refractivity contribution >= 4 is 15.7 Å². The lowest BCUT2D eigenvalue weighted by Gasteiger charge is -2.36. The van der Waals surface area contributed by atoms with Crippen molar-refractivity contribution in [2.24, 2.45) is 5.92 Å². The Bertz CT molecular complexity index is 1270. The maximum atomic E-state index is 14.7. The summed E-state index contributed by atoms with van der Waals surface area (Å²) in [5.74, 6) is -2.04. The highest BCUT2D eigenvalue weighted by Gasteiger charge is 2.38. The van der Waals surface area contributed by atoms with Gasteiger partial charge in [0.1, 0.15) is 27.4 Å². The second kappa shape index (κ2) is 10.2. The summed E-state index contributed by atoms with van der Waals surface area (Å²) in [7, 11) is -3.13. The number of nitrogens with one attached hydrogen (secondary N) is 1. The molecule has 13 heteroatoms.